The fourth-order valence-electron chi connectivity index (χ4n) is 2.72. The minimum atomic E-state index is 0.649. The van der Waals surface area contributed by atoms with Gasteiger partial charge in [-0.3, -0.25) is 5.10 Å². The number of rotatable bonds is 3. The van der Waals surface area contributed by atoms with Gasteiger partial charge in [0.25, 0.3) is 0 Å². The second kappa shape index (κ2) is 6.05. The van der Waals surface area contributed by atoms with E-state index in [1.165, 1.54) is 11.3 Å². The third-order valence-corrected chi connectivity index (χ3v) is 5.12. The Morgan fingerprint density at radius 2 is 1.77 bits per heavy atom. The van der Waals surface area contributed by atoms with Crippen molar-refractivity contribution in [3.8, 4) is 33.3 Å². The number of hydrogen-bond acceptors (Lipinski definition) is 5. The maximum absolute atomic E-state index is 6.09. The zero-order valence-corrected chi connectivity index (χ0v) is 14.9. The molecule has 2 aromatic carbocycles. The van der Waals surface area contributed by atoms with E-state index in [9.17, 15) is 0 Å². The first kappa shape index (κ1) is 15.2. The van der Waals surface area contributed by atoms with Gasteiger partial charge in [-0.15, -0.1) is 10.2 Å². The van der Waals surface area contributed by atoms with Crippen molar-refractivity contribution in [3.63, 3.8) is 0 Å². The summed E-state index contributed by atoms with van der Waals surface area (Å²) in [6.07, 6.45) is 0. The lowest BCUT2D eigenvalue weighted by Crippen LogP contribution is -1.91. The van der Waals surface area contributed by atoms with Crippen LogP contribution >= 0.6 is 22.9 Å². The third-order valence-electron chi connectivity index (χ3n) is 3.95. The normalized spacial score (nSPS) is 11.3. The number of halogens is 1. The van der Waals surface area contributed by atoms with Crippen molar-refractivity contribution in [3.05, 3.63) is 65.7 Å². The van der Waals surface area contributed by atoms with E-state index in [2.05, 4.69) is 25.5 Å². The number of aromatic nitrogens is 6. The molecule has 8 heteroatoms. The lowest BCUT2D eigenvalue weighted by molar-refractivity contribution is 0.964. The number of H-pyrrole nitrogens is 1. The van der Waals surface area contributed by atoms with E-state index in [1.54, 1.807) is 4.52 Å². The minimum absolute atomic E-state index is 0.649. The maximum Gasteiger partial charge on any atom is 0.235 e. The summed E-state index contributed by atoms with van der Waals surface area (Å²) in [5, 5.41) is 22.0. The molecular weight excluding hydrogens is 368 g/mol. The first-order valence-electron chi connectivity index (χ1n) is 7.87. The van der Waals surface area contributed by atoms with Crippen LogP contribution in [-0.2, 0) is 0 Å². The molecule has 0 spiro atoms. The summed E-state index contributed by atoms with van der Waals surface area (Å²) in [6, 6.07) is 19.5. The number of benzene rings is 2. The van der Waals surface area contributed by atoms with Gasteiger partial charge in [0.15, 0.2) is 10.8 Å². The summed E-state index contributed by atoms with van der Waals surface area (Å²) < 4.78 is 1.73. The van der Waals surface area contributed by atoms with Crippen molar-refractivity contribution in [2.24, 2.45) is 0 Å². The van der Waals surface area contributed by atoms with Crippen LogP contribution in [0.3, 0.4) is 0 Å². The monoisotopic (exact) mass is 378 g/mol. The summed E-state index contributed by atoms with van der Waals surface area (Å²) in [6.45, 7) is 0. The van der Waals surface area contributed by atoms with Crippen LogP contribution in [0, 0.1) is 0 Å². The third kappa shape index (κ3) is 2.58. The summed E-state index contributed by atoms with van der Waals surface area (Å²) in [5.74, 6) is 0.660. The number of aromatic amines is 1. The van der Waals surface area contributed by atoms with Crippen molar-refractivity contribution >= 4 is 27.9 Å². The van der Waals surface area contributed by atoms with E-state index in [0.717, 1.165) is 27.5 Å². The van der Waals surface area contributed by atoms with Crippen LogP contribution in [0.2, 0.25) is 5.02 Å². The molecule has 0 radical (unpaired) electrons. The van der Waals surface area contributed by atoms with Crippen LogP contribution in [0.5, 0.6) is 0 Å². The second-order valence-corrected chi connectivity index (χ2v) is 7.06. The fraction of sp³-hybridized carbons (Fsp3) is 0. The van der Waals surface area contributed by atoms with Gasteiger partial charge in [0.2, 0.25) is 4.96 Å². The topological polar surface area (TPSA) is 71.8 Å². The lowest BCUT2D eigenvalue weighted by atomic mass is 10.1. The van der Waals surface area contributed by atoms with Crippen molar-refractivity contribution in [1.29, 1.82) is 0 Å². The molecule has 126 valence electrons. The lowest BCUT2D eigenvalue weighted by Gasteiger charge is -1.97. The molecule has 3 heterocycles. The Hall–Kier alpha value is -3.03. The zero-order valence-electron chi connectivity index (χ0n) is 13.3. The van der Waals surface area contributed by atoms with Gasteiger partial charge in [0.05, 0.1) is 11.4 Å². The van der Waals surface area contributed by atoms with Crippen molar-refractivity contribution < 1.29 is 0 Å². The fourth-order valence-corrected chi connectivity index (χ4v) is 3.72. The molecule has 6 nitrogen and oxygen atoms in total. The Morgan fingerprint density at radius 3 is 2.62 bits per heavy atom. The van der Waals surface area contributed by atoms with E-state index in [-0.39, 0.29) is 0 Å². The van der Waals surface area contributed by atoms with Crippen LogP contribution in [0.4, 0.5) is 0 Å². The smallest absolute Gasteiger partial charge is 0.235 e. The highest BCUT2D eigenvalue weighted by Crippen LogP contribution is 2.29. The minimum Gasteiger partial charge on any atom is -0.275 e. The molecule has 0 atom stereocenters. The van der Waals surface area contributed by atoms with Gasteiger partial charge < -0.3 is 0 Å². The van der Waals surface area contributed by atoms with Gasteiger partial charge in [-0.25, -0.2) is 0 Å². The first-order chi connectivity index (χ1) is 12.8. The Morgan fingerprint density at radius 1 is 0.923 bits per heavy atom. The molecule has 3 aromatic heterocycles. The van der Waals surface area contributed by atoms with Crippen LogP contribution in [0.1, 0.15) is 0 Å². The van der Waals surface area contributed by atoms with Crippen molar-refractivity contribution in [2.45, 2.75) is 0 Å². The van der Waals surface area contributed by atoms with Crippen molar-refractivity contribution in [2.75, 3.05) is 0 Å². The summed E-state index contributed by atoms with van der Waals surface area (Å²) in [4.78, 5) is 0.714. The van der Waals surface area contributed by atoms with Crippen molar-refractivity contribution in [1.82, 2.24) is 30.0 Å². The summed E-state index contributed by atoms with van der Waals surface area (Å²) in [5.41, 5.74) is 3.65. The Labute approximate surface area is 157 Å². The summed E-state index contributed by atoms with van der Waals surface area (Å²) in [7, 11) is 0. The second-order valence-electron chi connectivity index (χ2n) is 5.67. The predicted molar refractivity (Wildman–Crippen MR) is 102 cm³/mol. The molecule has 0 aliphatic heterocycles. The first-order valence-corrected chi connectivity index (χ1v) is 9.07. The summed E-state index contributed by atoms with van der Waals surface area (Å²) >= 11 is 7.54. The Balaban J connectivity index is 1.56. The molecule has 0 unspecified atom stereocenters. The van der Waals surface area contributed by atoms with Gasteiger partial charge in [-0.05, 0) is 18.2 Å². The molecule has 0 amide bonds. The highest BCUT2D eigenvalue weighted by atomic mass is 35.5. The van der Waals surface area contributed by atoms with Crippen LogP contribution < -0.4 is 0 Å². The van der Waals surface area contributed by atoms with E-state index >= 15 is 0 Å². The molecule has 5 aromatic rings. The number of nitrogens with one attached hydrogen (secondary N) is 1. The predicted octanol–water partition coefficient (Wildman–Crippen LogP) is 4.56. The quantitative estimate of drug-likeness (QED) is 0.499. The number of fused-ring (bicyclic) bond motifs is 1. The molecule has 1 N–H and O–H groups in total. The van der Waals surface area contributed by atoms with E-state index < -0.39 is 0 Å². The van der Waals surface area contributed by atoms with Gasteiger partial charge >= 0.3 is 0 Å². The highest BCUT2D eigenvalue weighted by molar-refractivity contribution is 7.19. The molecule has 26 heavy (non-hydrogen) atoms. The Bertz CT molecular complexity index is 1210. The SMILES string of the molecule is Clc1cccc(-c2nnc3sc(-c4cc(-c5ccccc5)n[nH]4)nn23)c1. The van der Waals surface area contributed by atoms with Crippen LogP contribution in [-0.4, -0.2) is 30.0 Å². The van der Waals surface area contributed by atoms with Gasteiger partial charge in [0, 0.05) is 16.1 Å². The standard InChI is InChI=1S/C18H11ClN6S/c19-13-8-4-7-12(9-13)16-22-23-18-25(16)24-17(26-18)15-10-14(20-21-15)11-5-2-1-3-6-11/h1-10H,(H,20,21). The largest absolute Gasteiger partial charge is 0.275 e. The molecule has 5 rings (SSSR count). The van der Waals surface area contributed by atoms with Gasteiger partial charge in [0.1, 0.15) is 0 Å². The zero-order chi connectivity index (χ0) is 17.5. The molecule has 0 aliphatic rings. The van der Waals surface area contributed by atoms with E-state index in [1.807, 2.05) is 60.7 Å². The molecule has 0 saturated heterocycles. The van der Waals surface area contributed by atoms with E-state index in [0.29, 0.717) is 15.8 Å². The molecule has 0 saturated carbocycles. The highest BCUT2D eigenvalue weighted by Gasteiger charge is 2.16. The maximum atomic E-state index is 6.09. The number of nitrogens with zero attached hydrogens (tertiary/aromatic N) is 5. The Kier molecular flexibility index (Phi) is 3.55. The van der Waals surface area contributed by atoms with Gasteiger partial charge in [-0.1, -0.05) is 65.4 Å². The molecular formula is C18H11ClN6S. The van der Waals surface area contributed by atoms with Gasteiger partial charge in [-0.2, -0.15) is 14.7 Å². The molecule has 0 bridgehead atoms. The average Bonchev–Trinajstić information content (AvgIpc) is 3.37. The van der Waals surface area contributed by atoms with E-state index in [4.69, 9.17) is 11.6 Å². The average molecular weight is 379 g/mol. The molecule has 0 fully saturated rings. The van der Waals surface area contributed by atoms with Crippen LogP contribution in [0.15, 0.2) is 60.7 Å². The molecule has 0 aliphatic carbocycles. The number of hydrogen-bond donors (Lipinski definition) is 1. The van der Waals surface area contributed by atoms with Crippen LogP contribution in [0.25, 0.3) is 38.3 Å².